The Balaban J connectivity index is 1.25. The van der Waals surface area contributed by atoms with Crippen molar-refractivity contribution in [1.29, 1.82) is 0 Å². The van der Waals surface area contributed by atoms with Crippen LogP contribution in [0.3, 0.4) is 0 Å². The zero-order valence-corrected chi connectivity index (χ0v) is 27.4. The standard InChI is InChI=1S/C47H29F3O/c48-47(49,50)46-36-21-10-8-19-34(36)44(35-20-9-11-22-37(35)46)39-23-12-24-40-45(39)38-26-25-29(27-41(38)51-40)43-32-17-6-4-15-30(32)42(28-13-2-1-3-14-28)31-16-5-7-18-33(31)43/h1-4,6-15,17-27H,5,16H2. The number of alkyl halides is 3. The summed E-state index contributed by atoms with van der Waals surface area (Å²) in [6.45, 7) is 0. The number of rotatable bonds is 3. The van der Waals surface area contributed by atoms with Crippen LogP contribution in [0.5, 0.6) is 0 Å². The van der Waals surface area contributed by atoms with Crippen LogP contribution in [-0.4, -0.2) is 0 Å². The zero-order chi connectivity index (χ0) is 34.3. The van der Waals surface area contributed by atoms with Crippen LogP contribution < -0.4 is 0 Å². The minimum Gasteiger partial charge on any atom is -0.456 e. The third-order valence-electron chi connectivity index (χ3n) is 10.5. The minimum atomic E-state index is -4.51. The lowest BCUT2D eigenvalue weighted by Gasteiger charge is -2.23. The molecule has 1 heterocycles. The smallest absolute Gasteiger partial charge is 0.417 e. The molecule has 244 valence electrons. The molecule has 0 spiro atoms. The summed E-state index contributed by atoms with van der Waals surface area (Å²) in [5.41, 5.74) is 9.78. The van der Waals surface area contributed by atoms with Crippen LogP contribution in [0.4, 0.5) is 13.2 Å². The van der Waals surface area contributed by atoms with Crippen LogP contribution in [0.1, 0.15) is 23.1 Å². The topological polar surface area (TPSA) is 13.1 Å². The Bertz CT molecular complexity index is 2840. The van der Waals surface area contributed by atoms with Gasteiger partial charge in [-0.3, -0.25) is 0 Å². The molecule has 4 heteroatoms. The van der Waals surface area contributed by atoms with E-state index in [1.807, 2.05) is 30.3 Å². The number of halogens is 3. The molecule has 0 atom stereocenters. The molecule has 9 aromatic rings. The lowest BCUT2D eigenvalue weighted by Crippen LogP contribution is -2.07. The van der Waals surface area contributed by atoms with Gasteiger partial charge in [0.05, 0.1) is 5.56 Å². The van der Waals surface area contributed by atoms with E-state index in [4.69, 9.17) is 4.42 Å². The van der Waals surface area contributed by atoms with Gasteiger partial charge < -0.3 is 4.42 Å². The predicted molar refractivity (Wildman–Crippen MR) is 205 cm³/mol. The Morgan fingerprint density at radius 2 is 1.10 bits per heavy atom. The first kappa shape index (κ1) is 29.8. The number of allylic oxidation sites excluding steroid dienone is 1. The van der Waals surface area contributed by atoms with Crippen LogP contribution in [0.2, 0.25) is 0 Å². The van der Waals surface area contributed by atoms with Gasteiger partial charge in [-0.1, -0.05) is 133 Å². The molecule has 1 aliphatic carbocycles. The highest BCUT2D eigenvalue weighted by atomic mass is 19.4. The summed E-state index contributed by atoms with van der Waals surface area (Å²) in [4.78, 5) is 0. The fraction of sp³-hybridized carbons (Fsp3) is 0.0638. The molecule has 0 aliphatic heterocycles. The fourth-order valence-corrected chi connectivity index (χ4v) is 8.54. The van der Waals surface area contributed by atoms with Gasteiger partial charge in [0, 0.05) is 10.8 Å². The van der Waals surface area contributed by atoms with Gasteiger partial charge in [-0.25, -0.2) is 0 Å². The Labute approximate surface area is 291 Å². The van der Waals surface area contributed by atoms with Crippen molar-refractivity contribution >= 4 is 60.3 Å². The molecule has 0 radical (unpaired) electrons. The predicted octanol–water partition coefficient (Wildman–Crippen LogP) is 14.0. The van der Waals surface area contributed by atoms with Gasteiger partial charge in [0.15, 0.2) is 0 Å². The molecule has 1 aliphatic rings. The molecule has 10 rings (SSSR count). The van der Waals surface area contributed by atoms with Gasteiger partial charge in [-0.05, 0) is 108 Å². The van der Waals surface area contributed by atoms with Gasteiger partial charge in [0.25, 0.3) is 0 Å². The van der Waals surface area contributed by atoms with Gasteiger partial charge in [-0.2, -0.15) is 13.2 Å². The van der Waals surface area contributed by atoms with Crippen LogP contribution in [0.25, 0.3) is 93.7 Å². The Kier molecular flexibility index (Phi) is 6.53. The molecule has 51 heavy (non-hydrogen) atoms. The number of hydrogen-bond acceptors (Lipinski definition) is 1. The van der Waals surface area contributed by atoms with E-state index in [0.717, 1.165) is 45.9 Å². The maximum absolute atomic E-state index is 14.7. The third-order valence-corrected chi connectivity index (χ3v) is 10.5. The van der Waals surface area contributed by atoms with E-state index in [9.17, 15) is 13.2 Å². The van der Waals surface area contributed by atoms with Crippen molar-refractivity contribution in [3.05, 3.63) is 162 Å². The molecule has 0 N–H and O–H groups in total. The van der Waals surface area contributed by atoms with Crippen molar-refractivity contribution < 1.29 is 17.6 Å². The molecular formula is C47H29F3O. The highest BCUT2D eigenvalue weighted by Gasteiger charge is 2.36. The van der Waals surface area contributed by atoms with E-state index < -0.39 is 11.7 Å². The summed E-state index contributed by atoms with van der Waals surface area (Å²) in [6.07, 6.45) is 1.97. The second-order valence-electron chi connectivity index (χ2n) is 13.3. The second kappa shape index (κ2) is 11.2. The molecule has 0 saturated carbocycles. The second-order valence-corrected chi connectivity index (χ2v) is 13.3. The SMILES string of the molecule is FC(F)(F)c1c2ccccc2c(-c2cccc3oc4cc(-c5c6c(c(-c7ccccc7)c7ccccc57)CCC=C6)ccc4c23)c2ccccc12. The highest BCUT2D eigenvalue weighted by Crippen LogP contribution is 2.49. The number of furan rings is 1. The Hall–Kier alpha value is -6.13. The van der Waals surface area contributed by atoms with E-state index in [2.05, 4.69) is 84.9 Å². The molecule has 0 fully saturated rings. The fourth-order valence-electron chi connectivity index (χ4n) is 8.54. The summed E-state index contributed by atoms with van der Waals surface area (Å²) >= 11 is 0. The first-order chi connectivity index (χ1) is 25.0. The molecule has 0 amide bonds. The Morgan fingerprint density at radius 1 is 0.490 bits per heavy atom. The van der Waals surface area contributed by atoms with Crippen molar-refractivity contribution in [2.75, 3.05) is 0 Å². The monoisotopic (exact) mass is 666 g/mol. The first-order valence-electron chi connectivity index (χ1n) is 17.2. The summed E-state index contributed by atoms with van der Waals surface area (Å²) in [7, 11) is 0. The number of hydrogen-bond donors (Lipinski definition) is 0. The minimum absolute atomic E-state index is 0.189. The van der Waals surface area contributed by atoms with Gasteiger partial charge in [0.2, 0.25) is 0 Å². The lowest BCUT2D eigenvalue weighted by atomic mass is 9.80. The largest absolute Gasteiger partial charge is 0.456 e. The molecule has 0 unspecified atom stereocenters. The summed E-state index contributed by atoms with van der Waals surface area (Å²) in [5.74, 6) is 0. The van der Waals surface area contributed by atoms with E-state index in [-0.39, 0.29) is 10.8 Å². The van der Waals surface area contributed by atoms with Gasteiger partial charge >= 0.3 is 6.18 Å². The van der Waals surface area contributed by atoms with Crippen molar-refractivity contribution in [3.8, 4) is 33.4 Å². The number of fused-ring (bicyclic) bond motifs is 7. The van der Waals surface area contributed by atoms with E-state index in [0.29, 0.717) is 16.4 Å². The quantitative estimate of drug-likeness (QED) is 0.171. The van der Waals surface area contributed by atoms with Crippen LogP contribution in [-0.2, 0) is 12.6 Å². The normalized spacial score (nSPS) is 13.2. The first-order valence-corrected chi connectivity index (χ1v) is 17.2. The highest BCUT2D eigenvalue weighted by molar-refractivity contribution is 6.22. The van der Waals surface area contributed by atoms with Gasteiger partial charge in [-0.15, -0.1) is 0 Å². The molecule has 8 aromatic carbocycles. The molecule has 1 nitrogen and oxygen atoms in total. The molecular weight excluding hydrogens is 638 g/mol. The number of benzene rings is 8. The van der Waals surface area contributed by atoms with E-state index in [1.54, 1.807) is 36.4 Å². The summed E-state index contributed by atoms with van der Waals surface area (Å²) in [5, 5.41) is 5.72. The van der Waals surface area contributed by atoms with Crippen molar-refractivity contribution in [3.63, 3.8) is 0 Å². The maximum Gasteiger partial charge on any atom is 0.417 e. The van der Waals surface area contributed by atoms with Crippen molar-refractivity contribution in [1.82, 2.24) is 0 Å². The van der Waals surface area contributed by atoms with Gasteiger partial charge in [0.1, 0.15) is 11.2 Å². The average Bonchev–Trinajstić information content (AvgIpc) is 3.54. The Morgan fingerprint density at radius 3 is 1.76 bits per heavy atom. The molecule has 0 bridgehead atoms. The van der Waals surface area contributed by atoms with Crippen molar-refractivity contribution in [2.45, 2.75) is 19.0 Å². The molecule has 0 saturated heterocycles. The van der Waals surface area contributed by atoms with E-state index >= 15 is 0 Å². The van der Waals surface area contributed by atoms with E-state index in [1.165, 1.54) is 38.6 Å². The summed E-state index contributed by atoms with van der Waals surface area (Å²) < 4.78 is 50.6. The average molecular weight is 667 g/mol. The lowest BCUT2D eigenvalue weighted by molar-refractivity contribution is -0.135. The van der Waals surface area contributed by atoms with Crippen LogP contribution in [0, 0.1) is 0 Å². The molecule has 1 aromatic heterocycles. The van der Waals surface area contributed by atoms with Crippen LogP contribution in [0.15, 0.2) is 150 Å². The third kappa shape index (κ3) is 4.49. The van der Waals surface area contributed by atoms with Crippen molar-refractivity contribution in [2.24, 2.45) is 0 Å². The summed E-state index contributed by atoms with van der Waals surface area (Å²) in [6, 6.07) is 45.3. The zero-order valence-electron chi connectivity index (χ0n) is 27.4. The van der Waals surface area contributed by atoms with Crippen LogP contribution >= 0.6 is 0 Å². The maximum atomic E-state index is 14.7.